The zero-order valence-corrected chi connectivity index (χ0v) is 7.46. The van der Waals surface area contributed by atoms with Crippen LogP contribution in [0.5, 0.6) is 0 Å². The molecule has 0 amide bonds. The third kappa shape index (κ3) is 4.06. The monoisotopic (exact) mass is 266 g/mol. The highest BCUT2D eigenvalue weighted by molar-refractivity contribution is 14.1. The van der Waals surface area contributed by atoms with Crippen LogP contribution in [-0.4, -0.2) is 27.9 Å². The van der Waals surface area contributed by atoms with Gasteiger partial charge in [-0.1, -0.05) is 22.6 Å². The van der Waals surface area contributed by atoms with E-state index in [9.17, 15) is 8.42 Å². The second kappa shape index (κ2) is 3.69. The first-order valence-corrected chi connectivity index (χ1v) is 5.21. The number of halogens is 1. The predicted molar refractivity (Wildman–Crippen MR) is 41.1 cm³/mol. The van der Waals surface area contributed by atoms with Gasteiger partial charge in [-0.05, 0) is 6.42 Å². The number of hydrogen-bond donors (Lipinski definition) is 2. The lowest BCUT2D eigenvalue weighted by Crippen LogP contribution is -2.19. The van der Waals surface area contributed by atoms with Gasteiger partial charge in [0.05, 0.1) is 0 Å². The summed E-state index contributed by atoms with van der Waals surface area (Å²) in [5, 5.41) is 8.54. The fourth-order valence-corrected chi connectivity index (χ4v) is 1.67. The van der Waals surface area contributed by atoms with Crippen LogP contribution < -0.4 is 0 Å². The molecule has 0 bridgehead atoms. The molecule has 0 saturated carbocycles. The zero-order chi connectivity index (χ0) is 7.49. The predicted octanol–water partition coefficient (Wildman–Crippen LogP) is 0.0177. The number of alkyl halides is 1. The Labute approximate surface area is 67.2 Å². The Morgan fingerprint density at radius 3 is 2.11 bits per heavy atom. The van der Waals surface area contributed by atoms with Crippen LogP contribution in [0.25, 0.3) is 0 Å². The molecule has 9 heavy (non-hydrogen) atoms. The number of rotatable bonds is 3. The van der Waals surface area contributed by atoms with E-state index in [-0.39, 0.29) is 6.42 Å². The van der Waals surface area contributed by atoms with Gasteiger partial charge in [-0.15, -0.1) is 0 Å². The summed E-state index contributed by atoms with van der Waals surface area (Å²) in [5.74, 6) is 0. The highest BCUT2D eigenvalue weighted by atomic mass is 127. The Morgan fingerprint density at radius 2 is 2.00 bits per heavy atom. The summed E-state index contributed by atoms with van der Waals surface area (Å²) in [6.45, 7) is 0. The number of hydrogen-bond acceptors (Lipinski definition) is 3. The lowest BCUT2D eigenvalue weighted by Gasteiger charge is -2.02. The van der Waals surface area contributed by atoms with E-state index in [0.717, 1.165) is 0 Å². The van der Waals surface area contributed by atoms with E-state index in [1.165, 1.54) is 0 Å². The largest absolute Gasteiger partial charge is 0.375 e. The molecule has 0 radical (unpaired) electrons. The molecule has 0 aromatic carbocycles. The Hall–Kier alpha value is 0.600. The van der Waals surface area contributed by atoms with Crippen LogP contribution in [0, 0.1) is 0 Å². The molecular formula is C3H7IO4S. The van der Waals surface area contributed by atoms with E-state index in [0.29, 0.717) is 4.43 Å². The Morgan fingerprint density at radius 1 is 1.56 bits per heavy atom. The molecule has 2 N–H and O–H groups in total. The maximum Gasteiger partial charge on any atom is 0.292 e. The minimum absolute atomic E-state index is 0.0688. The van der Waals surface area contributed by atoms with Gasteiger partial charge in [0.25, 0.3) is 10.1 Å². The van der Waals surface area contributed by atoms with Gasteiger partial charge in [0.2, 0.25) is 0 Å². The van der Waals surface area contributed by atoms with Gasteiger partial charge in [0.1, 0.15) is 0 Å². The van der Waals surface area contributed by atoms with Crippen molar-refractivity contribution in [3.05, 3.63) is 0 Å². The topological polar surface area (TPSA) is 74.6 Å². The van der Waals surface area contributed by atoms with Crippen LogP contribution in [0.15, 0.2) is 0 Å². The van der Waals surface area contributed by atoms with Crippen molar-refractivity contribution in [2.45, 2.75) is 11.9 Å². The highest BCUT2D eigenvalue weighted by Gasteiger charge is 2.17. The molecule has 0 spiro atoms. The molecule has 0 saturated heterocycles. The average molecular weight is 266 g/mol. The first-order chi connectivity index (χ1) is 3.98. The number of aliphatic hydroxyl groups excluding tert-OH is 1. The fraction of sp³-hybridized carbons (Fsp3) is 1.00. The van der Waals surface area contributed by atoms with Crippen LogP contribution in [0.1, 0.15) is 6.42 Å². The molecule has 0 aliphatic heterocycles. The van der Waals surface area contributed by atoms with Gasteiger partial charge in [-0.3, -0.25) is 4.55 Å². The van der Waals surface area contributed by atoms with E-state index >= 15 is 0 Å². The van der Waals surface area contributed by atoms with E-state index in [1.807, 2.05) is 22.6 Å². The number of aliphatic hydroxyl groups is 1. The molecular weight excluding hydrogens is 259 g/mol. The van der Waals surface area contributed by atoms with E-state index in [1.54, 1.807) is 0 Å². The lowest BCUT2D eigenvalue weighted by molar-refractivity contribution is 0.231. The summed E-state index contributed by atoms with van der Waals surface area (Å²) in [5.41, 5.74) is -1.62. The minimum Gasteiger partial charge on any atom is -0.375 e. The minimum atomic E-state index is -4.21. The van der Waals surface area contributed by atoms with Crippen molar-refractivity contribution in [2.75, 3.05) is 4.43 Å². The summed E-state index contributed by atoms with van der Waals surface area (Å²) in [6, 6.07) is 0. The standard InChI is InChI=1S/C3H7IO4S/c4-2-1-3(5)9(6,7)8/h3,5H,1-2H2,(H,6,7,8). The first-order valence-electron chi connectivity index (χ1n) is 2.19. The van der Waals surface area contributed by atoms with Crippen molar-refractivity contribution >= 4 is 32.7 Å². The molecule has 0 aromatic heterocycles. The molecule has 0 aromatic rings. The summed E-state index contributed by atoms with van der Waals surface area (Å²) in [6.07, 6.45) is 0.0688. The second-order valence-corrected chi connectivity index (χ2v) is 4.10. The maximum atomic E-state index is 10.0. The van der Waals surface area contributed by atoms with Crippen LogP contribution in [0.3, 0.4) is 0 Å². The van der Waals surface area contributed by atoms with Crippen molar-refractivity contribution in [1.29, 1.82) is 0 Å². The quantitative estimate of drug-likeness (QED) is 0.429. The normalized spacial score (nSPS) is 15.4. The Kier molecular flexibility index (Phi) is 3.94. The lowest BCUT2D eigenvalue weighted by atomic mass is 10.5. The van der Waals surface area contributed by atoms with Crippen LogP contribution >= 0.6 is 22.6 Å². The van der Waals surface area contributed by atoms with Gasteiger partial charge >= 0.3 is 0 Å². The highest BCUT2D eigenvalue weighted by Crippen LogP contribution is 2.01. The van der Waals surface area contributed by atoms with Crippen LogP contribution in [0.2, 0.25) is 0 Å². The molecule has 1 unspecified atom stereocenters. The van der Waals surface area contributed by atoms with Gasteiger partial charge in [-0.2, -0.15) is 8.42 Å². The summed E-state index contributed by atoms with van der Waals surface area (Å²) < 4.78 is 28.7. The molecule has 6 heteroatoms. The maximum absolute atomic E-state index is 10.0. The van der Waals surface area contributed by atoms with Gasteiger partial charge in [-0.25, -0.2) is 0 Å². The third-order valence-electron chi connectivity index (χ3n) is 0.700. The molecule has 0 aliphatic carbocycles. The van der Waals surface area contributed by atoms with Crippen molar-refractivity contribution in [3.63, 3.8) is 0 Å². The van der Waals surface area contributed by atoms with Crippen LogP contribution in [0.4, 0.5) is 0 Å². The summed E-state index contributed by atoms with van der Waals surface area (Å²) >= 11 is 1.91. The molecule has 0 heterocycles. The third-order valence-corrected chi connectivity index (χ3v) is 2.25. The van der Waals surface area contributed by atoms with E-state index < -0.39 is 15.6 Å². The Bertz CT molecular complexity index is 163. The van der Waals surface area contributed by atoms with E-state index in [2.05, 4.69) is 0 Å². The smallest absolute Gasteiger partial charge is 0.292 e. The summed E-state index contributed by atoms with van der Waals surface area (Å²) in [4.78, 5) is 0. The van der Waals surface area contributed by atoms with Gasteiger partial charge < -0.3 is 5.11 Å². The average Bonchev–Trinajstić information content (AvgIpc) is 1.64. The van der Waals surface area contributed by atoms with Gasteiger partial charge in [0, 0.05) is 4.43 Å². The molecule has 0 rings (SSSR count). The van der Waals surface area contributed by atoms with Gasteiger partial charge in [0.15, 0.2) is 5.44 Å². The van der Waals surface area contributed by atoms with E-state index in [4.69, 9.17) is 9.66 Å². The fourth-order valence-electron chi connectivity index (χ4n) is 0.242. The Balaban J connectivity index is 3.90. The molecule has 56 valence electrons. The second-order valence-electron chi connectivity index (χ2n) is 1.45. The molecule has 4 nitrogen and oxygen atoms in total. The SMILES string of the molecule is O=S(=O)(O)C(O)CCI. The molecule has 1 atom stereocenters. The van der Waals surface area contributed by atoms with Crippen LogP contribution in [-0.2, 0) is 10.1 Å². The van der Waals surface area contributed by atoms with Crippen molar-refractivity contribution in [3.8, 4) is 0 Å². The zero-order valence-electron chi connectivity index (χ0n) is 4.49. The summed E-state index contributed by atoms with van der Waals surface area (Å²) in [7, 11) is -4.21. The van der Waals surface area contributed by atoms with Crippen molar-refractivity contribution in [2.24, 2.45) is 0 Å². The van der Waals surface area contributed by atoms with Crippen molar-refractivity contribution < 1.29 is 18.1 Å². The molecule has 0 aliphatic rings. The first kappa shape index (κ1) is 9.60. The molecule has 0 fully saturated rings. The van der Waals surface area contributed by atoms with Crippen molar-refractivity contribution in [1.82, 2.24) is 0 Å².